The Balaban J connectivity index is 3.40. The van der Waals surface area contributed by atoms with Gasteiger partial charge >= 0.3 is 5.97 Å². The Morgan fingerprint density at radius 1 is 0.386 bits per heavy atom. The van der Waals surface area contributed by atoms with Gasteiger partial charge in [0.2, 0.25) is 5.91 Å². The van der Waals surface area contributed by atoms with E-state index >= 15 is 0 Å². The summed E-state index contributed by atoms with van der Waals surface area (Å²) >= 11 is 0. The van der Waals surface area contributed by atoms with Gasteiger partial charge in [-0.25, -0.2) is 0 Å². The van der Waals surface area contributed by atoms with E-state index in [9.17, 15) is 19.8 Å². The molecule has 1 amide bonds. The molecule has 0 aromatic heterocycles. The number of aliphatic hydroxyl groups is 2. The van der Waals surface area contributed by atoms with E-state index in [-0.39, 0.29) is 18.5 Å². The Hall–Kier alpha value is -1.66. The van der Waals surface area contributed by atoms with Gasteiger partial charge in [-0.1, -0.05) is 301 Å². The maximum absolute atomic E-state index is 12.4. The number of esters is 1. The summed E-state index contributed by atoms with van der Waals surface area (Å²) in [5.41, 5.74) is 0. The molecule has 0 spiro atoms. The average Bonchev–Trinajstić information content (AvgIpc) is 3.36. The van der Waals surface area contributed by atoms with Gasteiger partial charge in [0.25, 0.3) is 0 Å². The summed E-state index contributed by atoms with van der Waals surface area (Å²) in [5, 5.41) is 23.1. The fourth-order valence-corrected chi connectivity index (χ4v) is 9.87. The van der Waals surface area contributed by atoms with Crippen LogP contribution in [-0.4, -0.2) is 47.4 Å². The van der Waals surface area contributed by atoms with E-state index in [0.717, 1.165) is 44.9 Å². The van der Waals surface area contributed by atoms with E-state index in [0.29, 0.717) is 19.4 Å². The number of nitrogens with one attached hydrogen (secondary N) is 1. The van der Waals surface area contributed by atoms with Crippen molar-refractivity contribution in [2.75, 3.05) is 13.2 Å². The van der Waals surface area contributed by atoms with Crippen molar-refractivity contribution < 1.29 is 24.5 Å². The Labute approximate surface area is 437 Å². The molecule has 0 fully saturated rings. The second kappa shape index (κ2) is 59.9. The molecule has 6 heteroatoms. The third-order valence-electron chi connectivity index (χ3n) is 14.7. The summed E-state index contributed by atoms with van der Waals surface area (Å²) in [5.74, 6) is -0.0623. The molecule has 0 radical (unpaired) electrons. The molecular formula is C64H123NO5. The molecular weight excluding hydrogens is 863 g/mol. The number of carbonyl (C=O) groups excluding carboxylic acids is 2. The maximum Gasteiger partial charge on any atom is 0.305 e. The molecule has 2 unspecified atom stereocenters. The minimum absolute atomic E-state index is 0.0127. The van der Waals surface area contributed by atoms with Crippen LogP contribution in [0.4, 0.5) is 0 Å². The van der Waals surface area contributed by atoms with Crippen LogP contribution in [0.5, 0.6) is 0 Å². The quantitative estimate of drug-likeness (QED) is 0.0321. The smallest absolute Gasteiger partial charge is 0.305 e. The lowest BCUT2D eigenvalue weighted by Gasteiger charge is -2.20. The summed E-state index contributed by atoms with van der Waals surface area (Å²) in [4.78, 5) is 24.5. The fourth-order valence-electron chi connectivity index (χ4n) is 9.87. The van der Waals surface area contributed by atoms with E-state index in [1.165, 1.54) is 276 Å². The number of amides is 1. The first-order valence-electron chi connectivity index (χ1n) is 31.6. The number of aliphatic hydroxyl groups excluding tert-OH is 2. The zero-order valence-corrected chi connectivity index (χ0v) is 47.3. The number of carbonyl (C=O) groups is 2. The van der Waals surface area contributed by atoms with Crippen LogP contribution < -0.4 is 5.32 Å². The second-order valence-electron chi connectivity index (χ2n) is 21.7. The van der Waals surface area contributed by atoms with Crippen LogP contribution in [-0.2, 0) is 14.3 Å². The first kappa shape index (κ1) is 68.3. The number of ether oxygens (including phenoxy) is 1. The van der Waals surface area contributed by atoms with Crippen molar-refractivity contribution in [3.63, 3.8) is 0 Å². The summed E-state index contributed by atoms with van der Waals surface area (Å²) in [6.45, 7) is 4.92. The Kier molecular flexibility index (Phi) is 58.5. The van der Waals surface area contributed by atoms with Gasteiger partial charge in [-0.2, -0.15) is 0 Å². The standard InChI is InChI=1S/C64H123NO5/c1-3-5-7-9-11-13-15-17-18-19-23-27-30-34-38-42-46-50-54-58-64(69)70-59-55-51-47-43-39-35-31-28-25-22-20-21-24-26-29-33-37-41-45-49-53-57-63(68)65-61(60-66)62(67)56-52-48-44-40-36-32-16-14-12-10-8-6-4-2/h21,24,52,56,61-62,66-67H,3-20,22-23,25-51,53-55,57-60H2,1-2H3,(H,65,68)/b24-21-,56-52+. The maximum atomic E-state index is 12.4. The SMILES string of the molecule is CCCCCCCCCCCCC/C=C/C(O)C(CO)NC(=O)CCCCCCCCC/C=C\CCCCCCCCCCCCOC(=O)CCCCCCCCCCCCCCCCCCCCC. The molecule has 0 aliphatic rings. The van der Waals surface area contributed by atoms with Crippen LogP contribution in [0.2, 0.25) is 0 Å². The van der Waals surface area contributed by atoms with E-state index in [2.05, 4.69) is 31.3 Å². The number of rotatable bonds is 59. The molecule has 0 bridgehead atoms. The molecule has 0 aliphatic heterocycles. The van der Waals surface area contributed by atoms with Crippen molar-refractivity contribution in [3.8, 4) is 0 Å². The van der Waals surface area contributed by atoms with Crippen LogP contribution in [0.15, 0.2) is 24.3 Å². The molecule has 3 N–H and O–H groups in total. The van der Waals surface area contributed by atoms with E-state index in [1.807, 2.05) is 6.08 Å². The molecule has 0 saturated heterocycles. The highest BCUT2D eigenvalue weighted by Crippen LogP contribution is 2.17. The molecule has 2 atom stereocenters. The average molecular weight is 987 g/mol. The predicted octanol–water partition coefficient (Wildman–Crippen LogP) is 19.8. The van der Waals surface area contributed by atoms with Crippen molar-refractivity contribution in [1.82, 2.24) is 5.32 Å². The number of hydrogen-bond acceptors (Lipinski definition) is 5. The molecule has 414 valence electrons. The van der Waals surface area contributed by atoms with E-state index < -0.39 is 12.1 Å². The van der Waals surface area contributed by atoms with Crippen LogP contribution in [0.3, 0.4) is 0 Å². The predicted molar refractivity (Wildman–Crippen MR) is 306 cm³/mol. The molecule has 0 aromatic carbocycles. The van der Waals surface area contributed by atoms with Crippen LogP contribution in [0, 0.1) is 0 Å². The van der Waals surface area contributed by atoms with Gasteiger partial charge < -0.3 is 20.3 Å². The van der Waals surface area contributed by atoms with Gasteiger partial charge in [0, 0.05) is 12.8 Å². The summed E-state index contributed by atoms with van der Waals surface area (Å²) in [6.07, 6.45) is 73.7. The van der Waals surface area contributed by atoms with Gasteiger partial charge in [0.15, 0.2) is 0 Å². The zero-order valence-electron chi connectivity index (χ0n) is 47.3. The molecule has 0 rings (SSSR count). The molecule has 0 aliphatic carbocycles. The first-order chi connectivity index (χ1) is 34.5. The highest BCUT2D eigenvalue weighted by Gasteiger charge is 2.18. The zero-order chi connectivity index (χ0) is 50.7. The van der Waals surface area contributed by atoms with Gasteiger partial charge in [0.05, 0.1) is 25.4 Å². The number of unbranched alkanes of at least 4 members (excludes halogenated alkanes) is 46. The van der Waals surface area contributed by atoms with Crippen molar-refractivity contribution >= 4 is 11.9 Å². The Morgan fingerprint density at radius 2 is 0.671 bits per heavy atom. The van der Waals surface area contributed by atoms with Gasteiger partial charge in [-0.15, -0.1) is 0 Å². The number of allylic oxidation sites excluding steroid dienone is 3. The van der Waals surface area contributed by atoms with Crippen molar-refractivity contribution in [2.45, 2.75) is 360 Å². The van der Waals surface area contributed by atoms with E-state index in [4.69, 9.17) is 4.74 Å². The second-order valence-corrected chi connectivity index (χ2v) is 21.7. The lowest BCUT2D eigenvalue weighted by Crippen LogP contribution is -2.45. The topological polar surface area (TPSA) is 95.9 Å². The van der Waals surface area contributed by atoms with Gasteiger partial charge in [0.1, 0.15) is 0 Å². The molecule has 6 nitrogen and oxygen atoms in total. The normalized spacial score (nSPS) is 12.7. The van der Waals surface area contributed by atoms with Crippen LogP contribution in [0.25, 0.3) is 0 Å². The molecule has 0 heterocycles. The van der Waals surface area contributed by atoms with Crippen LogP contribution in [0.1, 0.15) is 348 Å². The third kappa shape index (κ3) is 55.7. The van der Waals surface area contributed by atoms with Gasteiger partial charge in [-0.3, -0.25) is 9.59 Å². The molecule has 0 aromatic rings. The minimum Gasteiger partial charge on any atom is -0.466 e. The fraction of sp³-hybridized carbons (Fsp3) is 0.906. The highest BCUT2D eigenvalue weighted by atomic mass is 16.5. The van der Waals surface area contributed by atoms with Gasteiger partial charge in [-0.05, 0) is 57.8 Å². The summed E-state index contributed by atoms with van der Waals surface area (Å²) in [7, 11) is 0. The van der Waals surface area contributed by atoms with Crippen LogP contribution >= 0.6 is 0 Å². The van der Waals surface area contributed by atoms with Crippen molar-refractivity contribution in [2.24, 2.45) is 0 Å². The lowest BCUT2D eigenvalue weighted by molar-refractivity contribution is -0.143. The lowest BCUT2D eigenvalue weighted by atomic mass is 10.0. The third-order valence-corrected chi connectivity index (χ3v) is 14.7. The monoisotopic (exact) mass is 986 g/mol. The number of hydrogen-bond donors (Lipinski definition) is 3. The Bertz CT molecular complexity index is 1090. The Morgan fingerprint density at radius 3 is 1.01 bits per heavy atom. The van der Waals surface area contributed by atoms with E-state index in [1.54, 1.807) is 6.08 Å². The summed E-state index contributed by atoms with van der Waals surface area (Å²) in [6, 6.07) is -0.632. The first-order valence-corrected chi connectivity index (χ1v) is 31.6. The minimum atomic E-state index is -0.848. The molecule has 0 saturated carbocycles. The highest BCUT2D eigenvalue weighted by molar-refractivity contribution is 5.76. The summed E-state index contributed by atoms with van der Waals surface area (Å²) < 4.78 is 5.50. The van der Waals surface area contributed by atoms with Crippen molar-refractivity contribution in [3.05, 3.63) is 24.3 Å². The molecule has 70 heavy (non-hydrogen) atoms. The van der Waals surface area contributed by atoms with Crippen molar-refractivity contribution in [1.29, 1.82) is 0 Å². The largest absolute Gasteiger partial charge is 0.466 e.